The highest BCUT2D eigenvalue weighted by atomic mass is 19.2. The molecule has 0 unspecified atom stereocenters. The lowest BCUT2D eigenvalue weighted by Crippen LogP contribution is -2.15. The van der Waals surface area contributed by atoms with Crippen LogP contribution in [0.3, 0.4) is 0 Å². The number of hydrogen-bond donors (Lipinski definition) is 3. The lowest BCUT2D eigenvalue weighted by atomic mass is 10.2. The molecule has 3 N–H and O–H groups in total. The average Bonchev–Trinajstić information content (AvgIpc) is 2.50. The van der Waals surface area contributed by atoms with E-state index >= 15 is 0 Å². The van der Waals surface area contributed by atoms with Crippen molar-refractivity contribution in [3.05, 3.63) is 59.4 Å². The minimum atomic E-state index is -1.50. The third-order valence-corrected chi connectivity index (χ3v) is 2.83. The number of aliphatic hydroxyl groups is 1. The van der Waals surface area contributed by atoms with E-state index in [1.54, 1.807) is 24.3 Å². The minimum Gasteiger partial charge on any atom is -0.387 e. The van der Waals surface area contributed by atoms with Gasteiger partial charge in [-0.2, -0.15) is 0 Å². The highest BCUT2D eigenvalue weighted by molar-refractivity contribution is 5.91. The predicted molar refractivity (Wildman–Crippen MR) is 75.8 cm³/mol. The smallest absolute Gasteiger partial charge is 0.250 e. The Kier molecular flexibility index (Phi) is 5.00. The zero-order chi connectivity index (χ0) is 16.1. The van der Waals surface area contributed by atoms with Crippen molar-refractivity contribution < 1.29 is 23.1 Å². The molecule has 0 aliphatic rings. The molecular formula is C15H13F3N2O2. The van der Waals surface area contributed by atoms with Gasteiger partial charge in [0, 0.05) is 17.9 Å². The van der Waals surface area contributed by atoms with Gasteiger partial charge in [0.2, 0.25) is 5.91 Å². The van der Waals surface area contributed by atoms with E-state index in [1.807, 2.05) is 0 Å². The van der Waals surface area contributed by atoms with Crippen LogP contribution in [-0.2, 0) is 11.3 Å². The van der Waals surface area contributed by atoms with Crippen molar-refractivity contribution in [1.82, 2.24) is 0 Å². The van der Waals surface area contributed by atoms with Gasteiger partial charge in [-0.1, -0.05) is 6.07 Å². The third kappa shape index (κ3) is 3.98. The molecule has 2 aromatic carbocycles. The standard InChI is InChI=1S/C15H13F3N2O2/c16-12-4-9(5-13(17)15(12)18)7-19-10-2-1-3-11(6-10)20-14(22)8-21/h1-6,19,21H,7-8H2,(H,20,22). The Bertz CT molecular complexity index is 669. The fourth-order valence-electron chi connectivity index (χ4n) is 1.82. The quantitative estimate of drug-likeness (QED) is 0.744. The number of carbonyl (C=O) groups excluding carboxylic acids is 1. The van der Waals surface area contributed by atoms with Crippen LogP contribution in [-0.4, -0.2) is 17.6 Å². The Morgan fingerprint density at radius 1 is 1.05 bits per heavy atom. The van der Waals surface area contributed by atoms with Crippen molar-refractivity contribution in [2.75, 3.05) is 17.2 Å². The zero-order valence-electron chi connectivity index (χ0n) is 11.4. The van der Waals surface area contributed by atoms with Crippen LogP contribution in [0.2, 0.25) is 0 Å². The molecule has 0 aliphatic heterocycles. The number of aliphatic hydroxyl groups excluding tert-OH is 1. The first-order chi connectivity index (χ1) is 10.5. The van der Waals surface area contributed by atoms with E-state index in [4.69, 9.17) is 5.11 Å². The van der Waals surface area contributed by atoms with Crippen LogP contribution in [0.25, 0.3) is 0 Å². The van der Waals surface area contributed by atoms with E-state index in [9.17, 15) is 18.0 Å². The number of rotatable bonds is 5. The third-order valence-electron chi connectivity index (χ3n) is 2.83. The summed E-state index contributed by atoms with van der Waals surface area (Å²) in [6, 6.07) is 8.36. The molecule has 0 fully saturated rings. The Morgan fingerprint density at radius 2 is 1.68 bits per heavy atom. The summed E-state index contributed by atoms with van der Waals surface area (Å²) in [5.41, 5.74) is 1.28. The normalized spacial score (nSPS) is 10.4. The number of hydrogen-bond acceptors (Lipinski definition) is 3. The number of benzene rings is 2. The summed E-state index contributed by atoms with van der Waals surface area (Å²) in [4.78, 5) is 11.1. The summed E-state index contributed by atoms with van der Waals surface area (Å²) in [6.07, 6.45) is 0. The summed E-state index contributed by atoms with van der Waals surface area (Å²) in [7, 11) is 0. The van der Waals surface area contributed by atoms with Crippen molar-refractivity contribution in [1.29, 1.82) is 0 Å². The average molecular weight is 310 g/mol. The van der Waals surface area contributed by atoms with E-state index in [2.05, 4.69) is 10.6 Å². The molecule has 0 aromatic heterocycles. The van der Waals surface area contributed by atoms with Gasteiger partial charge in [0.05, 0.1) is 0 Å². The molecule has 2 aromatic rings. The Balaban J connectivity index is 2.05. The molecule has 0 saturated carbocycles. The number of anilines is 2. The number of amides is 1. The fourth-order valence-corrected chi connectivity index (χ4v) is 1.82. The minimum absolute atomic E-state index is 0.0749. The van der Waals surface area contributed by atoms with Gasteiger partial charge in [0.25, 0.3) is 0 Å². The molecule has 1 amide bonds. The maximum Gasteiger partial charge on any atom is 0.250 e. The molecule has 0 bridgehead atoms. The van der Waals surface area contributed by atoms with Crippen molar-refractivity contribution in [3.63, 3.8) is 0 Å². The molecule has 116 valence electrons. The van der Waals surface area contributed by atoms with Gasteiger partial charge in [0.15, 0.2) is 17.5 Å². The Labute approximate surface area is 124 Å². The lowest BCUT2D eigenvalue weighted by Gasteiger charge is -2.10. The SMILES string of the molecule is O=C(CO)Nc1cccc(NCc2cc(F)c(F)c(F)c2)c1. The van der Waals surface area contributed by atoms with E-state index in [1.165, 1.54) is 0 Å². The molecule has 0 radical (unpaired) electrons. The van der Waals surface area contributed by atoms with E-state index in [-0.39, 0.29) is 12.1 Å². The number of carbonyl (C=O) groups is 1. The second kappa shape index (κ2) is 6.95. The van der Waals surface area contributed by atoms with Gasteiger partial charge in [-0.15, -0.1) is 0 Å². The highest BCUT2D eigenvalue weighted by Crippen LogP contribution is 2.18. The van der Waals surface area contributed by atoms with E-state index < -0.39 is 30.0 Å². The number of halogens is 3. The second-order valence-electron chi connectivity index (χ2n) is 4.51. The topological polar surface area (TPSA) is 61.4 Å². The van der Waals surface area contributed by atoms with Crippen LogP contribution in [0.5, 0.6) is 0 Å². The van der Waals surface area contributed by atoms with E-state index in [0.29, 0.717) is 11.4 Å². The van der Waals surface area contributed by atoms with Crippen LogP contribution in [0.1, 0.15) is 5.56 Å². The van der Waals surface area contributed by atoms with Crippen LogP contribution in [0.4, 0.5) is 24.5 Å². The number of nitrogens with one attached hydrogen (secondary N) is 2. The fraction of sp³-hybridized carbons (Fsp3) is 0.133. The second-order valence-corrected chi connectivity index (χ2v) is 4.51. The summed E-state index contributed by atoms with van der Waals surface area (Å²) >= 11 is 0. The van der Waals surface area contributed by atoms with Gasteiger partial charge in [-0.25, -0.2) is 13.2 Å². The first kappa shape index (κ1) is 15.8. The monoisotopic (exact) mass is 310 g/mol. The maximum absolute atomic E-state index is 13.1. The zero-order valence-corrected chi connectivity index (χ0v) is 11.4. The predicted octanol–water partition coefficient (Wildman–Crippen LogP) is 2.65. The lowest BCUT2D eigenvalue weighted by molar-refractivity contribution is -0.118. The van der Waals surface area contributed by atoms with E-state index in [0.717, 1.165) is 12.1 Å². The molecule has 0 spiro atoms. The molecule has 0 aliphatic carbocycles. The summed E-state index contributed by atoms with van der Waals surface area (Å²) in [5, 5.41) is 14.0. The highest BCUT2D eigenvalue weighted by Gasteiger charge is 2.10. The molecule has 4 nitrogen and oxygen atoms in total. The van der Waals surface area contributed by atoms with Gasteiger partial charge in [-0.3, -0.25) is 4.79 Å². The first-order valence-corrected chi connectivity index (χ1v) is 6.37. The van der Waals surface area contributed by atoms with Crippen molar-refractivity contribution >= 4 is 17.3 Å². The van der Waals surface area contributed by atoms with Crippen molar-refractivity contribution in [2.45, 2.75) is 6.54 Å². The molecular weight excluding hydrogens is 297 g/mol. The molecule has 7 heteroatoms. The van der Waals surface area contributed by atoms with Crippen LogP contribution < -0.4 is 10.6 Å². The first-order valence-electron chi connectivity index (χ1n) is 6.37. The Morgan fingerprint density at radius 3 is 2.32 bits per heavy atom. The van der Waals surface area contributed by atoms with Gasteiger partial charge >= 0.3 is 0 Å². The Hall–Kier alpha value is -2.54. The van der Waals surface area contributed by atoms with Gasteiger partial charge in [-0.05, 0) is 35.9 Å². The van der Waals surface area contributed by atoms with Crippen LogP contribution in [0.15, 0.2) is 36.4 Å². The molecule has 22 heavy (non-hydrogen) atoms. The molecule has 2 rings (SSSR count). The summed E-state index contributed by atoms with van der Waals surface area (Å²) in [6.45, 7) is -0.558. The molecule has 0 heterocycles. The largest absolute Gasteiger partial charge is 0.387 e. The van der Waals surface area contributed by atoms with Crippen LogP contribution >= 0.6 is 0 Å². The van der Waals surface area contributed by atoms with Crippen LogP contribution in [0, 0.1) is 17.5 Å². The van der Waals surface area contributed by atoms with Crippen molar-refractivity contribution in [3.8, 4) is 0 Å². The molecule has 0 saturated heterocycles. The van der Waals surface area contributed by atoms with Gasteiger partial charge < -0.3 is 15.7 Å². The molecule has 0 atom stereocenters. The summed E-state index contributed by atoms with van der Waals surface area (Å²) in [5.74, 6) is -4.56. The summed E-state index contributed by atoms with van der Waals surface area (Å²) < 4.78 is 39.0. The van der Waals surface area contributed by atoms with Gasteiger partial charge in [0.1, 0.15) is 6.61 Å². The van der Waals surface area contributed by atoms with Crippen molar-refractivity contribution in [2.24, 2.45) is 0 Å². The maximum atomic E-state index is 13.1.